The first kappa shape index (κ1) is 17.4. The Morgan fingerprint density at radius 2 is 1.70 bits per heavy atom. The normalized spacial score (nSPS) is 22.4. The van der Waals surface area contributed by atoms with Crippen LogP contribution in [0.2, 0.25) is 0 Å². The second kappa shape index (κ2) is 7.96. The van der Waals surface area contributed by atoms with Gasteiger partial charge in [0.2, 0.25) is 0 Å². The second-order valence-electron chi connectivity index (χ2n) is 5.65. The molecule has 0 bridgehead atoms. The molecule has 1 saturated carbocycles. The summed E-state index contributed by atoms with van der Waals surface area (Å²) in [6.45, 7) is 8.08. The minimum Gasteiger partial charge on any atom is -0.331 e. The van der Waals surface area contributed by atoms with Crippen LogP contribution in [0.15, 0.2) is 25.3 Å². The number of hydrogen-bond acceptors (Lipinski definition) is 3. The summed E-state index contributed by atoms with van der Waals surface area (Å²) in [6, 6.07) is 0. The largest absolute Gasteiger partial charge is 0.331 e. The van der Waals surface area contributed by atoms with Crippen LogP contribution >= 0.6 is 0 Å². The van der Waals surface area contributed by atoms with E-state index in [1.54, 1.807) is 21.3 Å². The van der Waals surface area contributed by atoms with E-state index in [0.29, 0.717) is 5.92 Å². The van der Waals surface area contributed by atoms with Crippen molar-refractivity contribution in [3.8, 4) is 0 Å². The smallest absolute Gasteiger partial charge is 0.282 e. The van der Waals surface area contributed by atoms with Crippen molar-refractivity contribution in [1.82, 2.24) is 0 Å². The number of rotatable bonds is 9. The van der Waals surface area contributed by atoms with Gasteiger partial charge in [0.1, 0.15) is 0 Å². The number of ether oxygens (including phenoxy) is 3. The third-order valence-electron chi connectivity index (χ3n) is 4.90. The maximum Gasteiger partial charge on any atom is 0.282 e. The van der Waals surface area contributed by atoms with E-state index in [1.807, 2.05) is 0 Å². The molecule has 3 heteroatoms. The lowest BCUT2D eigenvalue weighted by Gasteiger charge is -2.40. The van der Waals surface area contributed by atoms with Gasteiger partial charge in [-0.1, -0.05) is 25.0 Å². The van der Waals surface area contributed by atoms with E-state index >= 15 is 0 Å². The molecule has 0 aliphatic heterocycles. The van der Waals surface area contributed by atoms with Crippen LogP contribution in [0, 0.1) is 11.3 Å². The van der Waals surface area contributed by atoms with Gasteiger partial charge in [0.05, 0.1) is 0 Å². The quantitative estimate of drug-likeness (QED) is 0.466. The Kier molecular flexibility index (Phi) is 6.93. The van der Waals surface area contributed by atoms with Crippen molar-refractivity contribution in [2.75, 3.05) is 21.3 Å². The Morgan fingerprint density at radius 3 is 2.20 bits per heavy atom. The zero-order chi connectivity index (χ0) is 15.1. The highest BCUT2D eigenvalue weighted by molar-refractivity contribution is 5.11. The van der Waals surface area contributed by atoms with Gasteiger partial charge in [-0.3, -0.25) is 0 Å². The third kappa shape index (κ3) is 3.72. The van der Waals surface area contributed by atoms with Gasteiger partial charge in [0, 0.05) is 33.2 Å². The highest BCUT2D eigenvalue weighted by atomic mass is 16.9. The summed E-state index contributed by atoms with van der Waals surface area (Å²) in [6.07, 6.45) is 12.0. The van der Waals surface area contributed by atoms with Gasteiger partial charge in [0.25, 0.3) is 5.97 Å². The topological polar surface area (TPSA) is 27.7 Å². The summed E-state index contributed by atoms with van der Waals surface area (Å²) in [5.74, 6) is -0.283. The van der Waals surface area contributed by atoms with Crippen molar-refractivity contribution in [3.63, 3.8) is 0 Å². The Hall–Kier alpha value is -0.640. The maximum absolute atomic E-state index is 5.35. The van der Waals surface area contributed by atoms with Crippen molar-refractivity contribution in [1.29, 1.82) is 0 Å². The van der Waals surface area contributed by atoms with Crippen molar-refractivity contribution in [2.45, 2.75) is 50.9 Å². The Balaban J connectivity index is 2.58. The molecule has 3 nitrogen and oxygen atoms in total. The van der Waals surface area contributed by atoms with E-state index < -0.39 is 5.97 Å². The highest BCUT2D eigenvalue weighted by Gasteiger charge is 2.36. The van der Waals surface area contributed by atoms with Crippen LogP contribution in [-0.2, 0) is 14.2 Å². The second-order valence-corrected chi connectivity index (χ2v) is 5.65. The predicted molar refractivity (Wildman–Crippen MR) is 82.4 cm³/mol. The third-order valence-corrected chi connectivity index (χ3v) is 4.90. The van der Waals surface area contributed by atoms with Gasteiger partial charge in [-0.15, -0.1) is 13.2 Å². The van der Waals surface area contributed by atoms with Gasteiger partial charge in [-0.05, 0) is 31.6 Å². The Morgan fingerprint density at radius 1 is 1.10 bits per heavy atom. The Labute approximate surface area is 124 Å². The van der Waals surface area contributed by atoms with Gasteiger partial charge >= 0.3 is 0 Å². The van der Waals surface area contributed by atoms with Crippen LogP contribution in [0.25, 0.3) is 0 Å². The first-order valence-electron chi connectivity index (χ1n) is 7.54. The molecule has 0 N–H and O–H groups in total. The fraction of sp³-hybridized carbons (Fsp3) is 0.765. The molecule has 0 amide bonds. The first-order chi connectivity index (χ1) is 9.62. The molecule has 0 aromatic rings. The van der Waals surface area contributed by atoms with Gasteiger partial charge in [-0.2, -0.15) is 0 Å². The van der Waals surface area contributed by atoms with E-state index in [2.05, 4.69) is 25.3 Å². The molecule has 1 aliphatic rings. The molecular weight excluding hydrogens is 252 g/mol. The monoisotopic (exact) mass is 282 g/mol. The molecule has 1 atom stereocenters. The number of hydrogen-bond donors (Lipinski definition) is 0. The molecule has 116 valence electrons. The highest BCUT2D eigenvalue weighted by Crippen LogP contribution is 2.45. The molecule has 0 aromatic carbocycles. The molecule has 0 aromatic heterocycles. The van der Waals surface area contributed by atoms with Gasteiger partial charge in [0.15, 0.2) is 0 Å². The number of allylic oxidation sites excluding steroid dienone is 2. The SMILES string of the molecule is C=CC1(C=C)CCCCC1CCCC(OC)(OC)OC. The fourth-order valence-electron chi connectivity index (χ4n) is 3.45. The van der Waals surface area contributed by atoms with Gasteiger partial charge < -0.3 is 14.2 Å². The molecular formula is C17H30O3. The van der Waals surface area contributed by atoms with E-state index in [4.69, 9.17) is 14.2 Å². The summed E-state index contributed by atoms with van der Waals surface area (Å²) in [7, 11) is 4.85. The molecule has 20 heavy (non-hydrogen) atoms. The standard InChI is InChI=1S/C17H30O3/c1-6-16(7-2)13-9-8-11-15(16)12-10-14-17(18-3,19-4)20-5/h6-7,15H,1-2,8-14H2,3-5H3. The number of methoxy groups -OCH3 is 3. The van der Waals surface area contributed by atoms with Crippen LogP contribution in [0.1, 0.15) is 44.9 Å². The van der Waals surface area contributed by atoms with E-state index in [9.17, 15) is 0 Å². The molecule has 0 spiro atoms. The van der Waals surface area contributed by atoms with Crippen LogP contribution < -0.4 is 0 Å². The minimum absolute atomic E-state index is 0.105. The molecule has 1 unspecified atom stereocenters. The van der Waals surface area contributed by atoms with Crippen molar-refractivity contribution < 1.29 is 14.2 Å². The predicted octanol–water partition coefficient (Wildman–Crippen LogP) is 4.30. The van der Waals surface area contributed by atoms with Crippen molar-refractivity contribution >= 4 is 0 Å². The van der Waals surface area contributed by atoms with Crippen LogP contribution in [-0.4, -0.2) is 27.3 Å². The lowest BCUT2D eigenvalue weighted by Crippen LogP contribution is -2.36. The molecule has 0 heterocycles. The molecule has 1 rings (SSSR count). The Bertz CT molecular complexity index is 291. The van der Waals surface area contributed by atoms with Crippen LogP contribution in [0.4, 0.5) is 0 Å². The maximum atomic E-state index is 5.35. The molecule has 0 saturated heterocycles. The fourth-order valence-corrected chi connectivity index (χ4v) is 3.45. The molecule has 0 radical (unpaired) electrons. The minimum atomic E-state index is -0.903. The van der Waals surface area contributed by atoms with Crippen molar-refractivity contribution in [3.05, 3.63) is 25.3 Å². The zero-order valence-electron chi connectivity index (χ0n) is 13.3. The summed E-state index contributed by atoms with van der Waals surface area (Å²) in [5.41, 5.74) is 0.105. The lowest BCUT2D eigenvalue weighted by molar-refractivity contribution is -0.355. The first-order valence-corrected chi connectivity index (χ1v) is 7.54. The average molecular weight is 282 g/mol. The van der Waals surface area contributed by atoms with Crippen molar-refractivity contribution in [2.24, 2.45) is 11.3 Å². The molecule has 1 aliphatic carbocycles. The van der Waals surface area contributed by atoms with E-state index in [-0.39, 0.29) is 5.41 Å². The summed E-state index contributed by atoms with van der Waals surface area (Å²) >= 11 is 0. The summed E-state index contributed by atoms with van der Waals surface area (Å²) < 4.78 is 16.0. The summed E-state index contributed by atoms with van der Waals surface area (Å²) in [4.78, 5) is 0. The van der Waals surface area contributed by atoms with Gasteiger partial charge in [-0.25, -0.2) is 0 Å². The van der Waals surface area contributed by atoms with Crippen LogP contribution in [0.3, 0.4) is 0 Å². The lowest BCUT2D eigenvalue weighted by atomic mass is 9.65. The van der Waals surface area contributed by atoms with Crippen LogP contribution in [0.5, 0.6) is 0 Å². The van der Waals surface area contributed by atoms with E-state index in [1.165, 1.54) is 25.7 Å². The average Bonchev–Trinajstić information content (AvgIpc) is 2.52. The van der Waals surface area contributed by atoms with E-state index in [0.717, 1.165) is 19.3 Å². The zero-order valence-corrected chi connectivity index (χ0v) is 13.3. The summed E-state index contributed by atoms with van der Waals surface area (Å²) in [5, 5.41) is 0. The molecule has 1 fully saturated rings.